The lowest BCUT2D eigenvalue weighted by Crippen LogP contribution is -2.25. The first-order chi connectivity index (χ1) is 8.93. The number of aromatic nitrogens is 1. The highest BCUT2D eigenvalue weighted by atomic mass is 16.6. The minimum absolute atomic E-state index is 0.0561. The normalized spacial score (nSPS) is 11.9. The molecule has 0 saturated heterocycles. The number of aryl methyl sites for hydroxylation is 1. The van der Waals surface area contributed by atoms with Crippen molar-refractivity contribution in [2.75, 3.05) is 19.0 Å². The number of carbonyl (C=O) groups is 1. The molecule has 19 heavy (non-hydrogen) atoms. The molecule has 1 unspecified atom stereocenters. The zero-order chi connectivity index (χ0) is 14.4. The molecule has 2 N–H and O–H groups in total. The van der Waals surface area contributed by atoms with Crippen molar-refractivity contribution in [1.29, 1.82) is 0 Å². The number of nitrogens with zero attached hydrogens (tertiary/aromatic N) is 2. The third-order valence-electron chi connectivity index (χ3n) is 2.50. The van der Waals surface area contributed by atoms with Crippen molar-refractivity contribution in [2.24, 2.45) is 0 Å². The van der Waals surface area contributed by atoms with Crippen LogP contribution >= 0.6 is 0 Å². The van der Waals surface area contributed by atoms with Crippen molar-refractivity contribution >= 4 is 17.5 Å². The van der Waals surface area contributed by atoms with Gasteiger partial charge in [-0.15, -0.1) is 0 Å². The van der Waals surface area contributed by atoms with Gasteiger partial charge >= 0.3 is 5.97 Å². The first-order valence-electron chi connectivity index (χ1n) is 5.54. The number of pyridine rings is 1. The van der Waals surface area contributed by atoms with Gasteiger partial charge < -0.3 is 15.2 Å². The van der Waals surface area contributed by atoms with E-state index in [0.29, 0.717) is 11.5 Å². The number of nitrogens with one attached hydrogen (secondary N) is 1. The molecular formula is C11H15N3O5. The number of rotatable bonds is 7. The Hall–Kier alpha value is -2.22. The van der Waals surface area contributed by atoms with Gasteiger partial charge in [-0.2, -0.15) is 0 Å². The van der Waals surface area contributed by atoms with E-state index < -0.39 is 17.0 Å². The molecule has 0 fully saturated rings. The minimum Gasteiger partial charge on any atom is -0.481 e. The van der Waals surface area contributed by atoms with Crippen LogP contribution in [0.4, 0.5) is 11.5 Å². The monoisotopic (exact) mass is 269 g/mol. The lowest BCUT2D eigenvalue weighted by atomic mass is 10.2. The van der Waals surface area contributed by atoms with Crippen LogP contribution in [-0.2, 0) is 9.53 Å². The van der Waals surface area contributed by atoms with Gasteiger partial charge in [0.25, 0.3) is 5.69 Å². The van der Waals surface area contributed by atoms with Crippen LogP contribution in [0.25, 0.3) is 0 Å². The first kappa shape index (κ1) is 14.8. The number of carboxylic acids is 1. The molecule has 0 aromatic carbocycles. The van der Waals surface area contributed by atoms with E-state index in [2.05, 4.69) is 10.3 Å². The van der Waals surface area contributed by atoms with Crippen molar-refractivity contribution in [3.8, 4) is 0 Å². The molecule has 0 aliphatic heterocycles. The fourth-order valence-electron chi connectivity index (χ4n) is 1.50. The lowest BCUT2D eigenvalue weighted by molar-refractivity contribution is -0.385. The van der Waals surface area contributed by atoms with Gasteiger partial charge in [-0.3, -0.25) is 14.9 Å². The van der Waals surface area contributed by atoms with E-state index in [9.17, 15) is 14.9 Å². The number of nitro groups is 1. The summed E-state index contributed by atoms with van der Waals surface area (Å²) in [4.78, 5) is 24.7. The molecule has 0 aliphatic carbocycles. The molecular weight excluding hydrogens is 254 g/mol. The third-order valence-corrected chi connectivity index (χ3v) is 2.50. The van der Waals surface area contributed by atoms with E-state index in [4.69, 9.17) is 9.84 Å². The summed E-state index contributed by atoms with van der Waals surface area (Å²) in [5.74, 6) is -0.517. The van der Waals surface area contributed by atoms with E-state index >= 15 is 0 Å². The Bertz CT molecular complexity index is 477. The predicted octanol–water partition coefficient (Wildman–Crippen LogP) is 1.20. The molecule has 1 rings (SSSR count). The van der Waals surface area contributed by atoms with Gasteiger partial charge in [0.05, 0.1) is 17.4 Å². The number of carboxylic acid groups (broad SMARTS) is 1. The Morgan fingerprint density at radius 3 is 2.79 bits per heavy atom. The molecule has 0 bridgehead atoms. The first-order valence-corrected chi connectivity index (χ1v) is 5.54. The Morgan fingerprint density at radius 1 is 1.63 bits per heavy atom. The Morgan fingerprint density at radius 2 is 2.32 bits per heavy atom. The molecule has 1 aromatic rings. The second-order valence-corrected chi connectivity index (χ2v) is 3.89. The number of methoxy groups -OCH3 is 1. The van der Waals surface area contributed by atoms with Gasteiger partial charge in [0.15, 0.2) is 0 Å². The zero-order valence-corrected chi connectivity index (χ0v) is 10.6. The molecule has 8 nitrogen and oxygen atoms in total. The zero-order valence-electron chi connectivity index (χ0n) is 10.6. The van der Waals surface area contributed by atoms with Gasteiger partial charge in [-0.25, -0.2) is 4.98 Å². The Labute approximate surface area is 109 Å². The maximum Gasteiger partial charge on any atom is 0.306 e. The van der Waals surface area contributed by atoms with Crippen LogP contribution in [0, 0.1) is 17.0 Å². The fraction of sp³-hybridized carbons (Fsp3) is 0.455. The lowest BCUT2D eigenvalue weighted by Gasteiger charge is -2.14. The summed E-state index contributed by atoms with van der Waals surface area (Å²) in [5.41, 5.74) is 0.238. The van der Waals surface area contributed by atoms with Crippen LogP contribution in [-0.4, -0.2) is 40.7 Å². The maximum atomic E-state index is 10.6. The van der Waals surface area contributed by atoms with E-state index in [1.54, 1.807) is 0 Å². The van der Waals surface area contributed by atoms with Crippen molar-refractivity contribution in [3.05, 3.63) is 27.9 Å². The second kappa shape index (κ2) is 6.64. The summed E-state index contributed by atoms with van der Waals surface area (Å²) in [7, 11) is 1.42. The number of anilines is 1. The van der Waals surface area contributed by atoms with Gasteiger partial charge in [0.2, 0.25) is 0 Å². The standard InChI is InChI=1S/C11H15N3O5/c1-7-9(14(17)18)3-4-10(13-7)12-6-8(19-2)5-11(15)16/h3-4,8H,5-6H2,1-2H3,(H,12,13)(H,15,16). The van der Waals surface area contributed by atoms with E-state index in [1.165, 1.54) is 26.2 Å². The summed E-state index contributed by atoms with van der Waals surface area (Å²) in [6.07, 6.45) is -0.620. The van der Waals surface area contributed by atoms with E-state index in [-0.39, 0.29) is 18.7 Å². The summed E-state index contributed by atoms with van der Waals surface area (Å²) in [6.45, 7) is 1.79. The predicted molar refractivity (Wildman–Crippen MR) is 67.2 cm³/mol. The summed E-state index contributed by atoms with van der Waals surface area (Å²) >= 11 is 0. The Kier molecular flexibility index (Phi) is 5.19. The average Bonchev–Trinajstić information content (AvgIpc) is 2.33. The van der Waals surface area contributed by atoms with Gasteiger partial charge in [-0.1, -0.05) is 0 Å². The largest absolute Gasteiger partial charge is 0.481 e. The number of aliphatic carboxylic acids is 1. The summed E-state index contributed by atoms with van der Waals surface area (Å²) in [5, 5.41) is 22.2. The minimum atomic E-state index is -0.957. The maximum absolute atomic E-state index is 10.6. The molecule has 1 heterocycles. The van der Waals surface area contributed by atoms with Crippen LogP contribution in [0.5, 0.6) is 0 Å². The SMILES string of the molecule is COC(CNc1ccc([N+](=O)[O-])c(C)n1)CC(=O)O. The van der Waals surface area contributed by atoms with Crippen LogP contribution in [0.1, 0.15) is 12.1 Å². The number of hydrogen-bond acceptors (Lipinski definition) is 6. The summed E-state index contributed by atoms with van der Waals surface area (Å²) in [6, 6.07) is 2.82. The quantitative estimate of drug-likeness (QED) is 0.564. The van der Waals surface area contributed by atoms with Crippen molar-refractivity contribution < 1.29 is 19.6 Å². The molecule has 8 heteroatoms. The average molecular weight is 269 g/mol. The van der Waals surface area contributed by atoms with Gasteiger partial charge in [0, 0.05) is 19.7 Å². The Balaban J connectivity index is 2.65. The molecule has 0 aliphatic rings. The van der Waals surface area contributed by atoms with Gasteiger partial charge in [0.1, 0.15) is 11.5 Å². The molecule has 0 spiro atoms. The number of hydrogen-bond donors (Lipinski definition) is 2. The molecule has 0 radical (unpaired) electrons. The molecule has 104 valence electrons. The summed E-state index contributed by atoms with van der Waals surface area (Å²) < 4.78 is 5.00. The molecule has 0 saturated carbocycles. The second-order valence-electron chi connectivity index (χ2n) is 3.89. The van der Waals surface area contributed by atoms with E-state index in [0.717, 1.165) is 0 Å². The highest BCUT2D eigenvalue weighted by Gasteiger charge is 2.14. The number of ether oxygens (including phenoxy) is 1. The molecule has 1 atom stereocenters. The van der Waals surface area contributed by atoms with Crippen molar-refractivity contribution in [3.63, 3.8) is 0 Å². The van der Waals surface area contributed by atoms with Gasteiger partial charge in [-0.05, 0) is 13.0 Å². The van der Waals surface area contributed by atoms with Crippen LogP contribution in [0.2, 0.25) is 0 Å². The highest BCUT2D eigenvalue weighted by Crippen LogP contribution is 2.17. The van der Waals surface area contributed by atoms with E-state index in [1.807, 2.05) is 0 Å². The highest BCUT2D eigenvalue weighted by molar-refractivity contribution is 5.67. The van der Waals surface area contributed by atoms with Crippen LogP contribution in [0.3, 0.4) is 0 Å². The molecule has 1 aromatic heterocycles. The fourth-order valence-corrected chi connectivity index (χ4v) is 1.50. The van der Waals surface area contributed by atoms with Crippen LogP contribution < -0.4 is 5.32 Å². The van der Waals surface area contributed by atoms with Crippen molar-refractivity contribution in [1.82, 2.24) is 4.98 Å². The smallest absolute Gasteiger partial charge is 0.306 e. The molecule has 0 amide bonds. The third kappa shape index (κ3) is 4.51. The van der Waals surface area contributed by atoms with Crippen LogP contribution in [0.15, 0.2) is 12.1 Å². The topological polar surface area (TPSA) is 115 Å². The van der Waals surface area contributed by atoms with Crippen molar-refractivity contribution in [2.45, 2.75) is 19.4 Å².